The average Bonchev–Trinajstić information content (AvgIpc) is 2.89. The highest BCUT2D eigenvalue weighted by molar-refractivity contribution is 6.36. The molecule has 2 aromatic rings. The number of anilines is 1. The lowest BCUT2D eigenvalue weighted by Gasteiger charge is -2.15. The first-order valence-electron chi connectivity index (χ1n) is 8.58. The molecular weight excluding hydrogens is 389 g/mol. The molecule has 0 fully saturated rings. The number of hydrogen-bond donors (Lipinski definition) is 1. The minimum absolute atomic E-state index is 0.0264. The molecule has 1 aliphatic rings. The summed E-state index contributed by atoms with van der Waals surface area (Å²) in [5.41, 5.74) is 0.788. The van der Waals surface area contributed by atoms with E-state index in [0.29, 0.717) is 5.56 Å². The molecule has 0 radical (unpaired) electrons. The first-order valence-corrected chi connectivity index (χ1v) is 8.58. The van der Waals surface area contributed by atoms with Crippen molar-refractivity contribution in [2.75, 3.05) is 25.6 Å². The maximum Gasteiger partial charge on any atom is 0.573 e. The van der Waals surface area contributed by atoms with E-state index in [2.05, 4.69) is 10.1 Å². The summed E-state index contributed by atoms with van der Waals surface area (Å²) in [4.78, 5) is 26.7. The van der Waals surface area contributed by atoms with Gasteiger partial charge in [-0.3, -0.25) is 14.5 Å². The number of ether oxygens (including phenoxy) is 2. The molecule has 29 heavy (non-hydrogen) atoms. The number of nitrogens with zero attached hydrogens (tertiary/aromatic N) is 1. The Kier molecular flexibility index (Phi) is 5.88. The topological polar surface area (TPSA) is 67.9 Å². The van der Waals surface area contributed by atoms with Gasteiger partial charge in [0.25, 0.3) is 11.8 Å². The van der Waals surface area contributed by atoms with E-state index in [1.807, 2.05) is 0 Å². The van der Waals surface area contributed by atoms with Crippen LogP contribution in [-0.4, -0.2) is 43.3 Å². The van der Waals surface area contributed by atoms with Crippen LogP contribution in [0, 0.1) is 0 Å². The molecule has 0 atom stereocenters. The van der Waals surface area contributed by atoms with E-state index in [-0.39, 0.29) is 30.1 Å². The summed E-state index contributed by atoms with van der Waals surface area (Å²) >= 11 is 0. The number of hydrogen-bond acceptors (Lipinski definition) is 5. The summed E-state index contributed by atoms with van der Waals surface area (Å²) in [5, 5.41) is 2.78. The number of alkyl halides is 3. The van der Waals surface area contributed by atoms with Crippen molar-refractivity contribution in [3.8, 4) is 5.75 Å². The fourth-order valence-corrected chi connectivity index (χ4v) is 2.87. The van der Waals surface area contributed by atoms with Crippen LogP contribution in [0.1, 0.15) is 5.56 Å². The summed E-state index contributed by atoms with van der Waals surface area (Å²) in [6.45, 7) is 0.203. The number of nitrogens with one attached hydrogen (secondary N) is 1. The van der Waals surface area contributed by atoms with E-state index in [4.69, 9.17) is 4.74 Å². The molecule has 1 heterocycles. The average molecular weight is 406 g/mol. The molecule has 0 spiro atoms. The number of rotatable bonds is 7. The van der Waals surface area contributed by atoms with Crippen LogP contribution in [0.25, 0.3) is 5.57 Å². The maximum atomic E-state index is 12.9. The zero-order chi connectivity index (χ0) is 21.0. The van der Waals surface area contributed by atoms with E-state index in [9.17, 15) is 22.8 Å². The molecule has 152 valence electrons. The number of carbonyl (C=O) groups excluding carboxylic acids is 2. The largest absolute Gasteiger partial charge is 0.573 e. The smallest absolute Gasteiger partial charge is 0.406 e. The van der Waals surface area contributed by atoms with E-state index >= 15 is 0 Å². The summed E-state index contributed by atoms with van der Waals surface area (Å²) in [7, 11) is 1.45. The van der Waals surface area contributed by atoms with Gasteiger partial charge in [0.15, 0.2) is 0 Å². The van der Waals surface area contributed by atoms with Crippen LogP contribution < -0.4 is 10.1 Å². The fraction of sp³-hybridized carbons (Fsp3) is 0.200. The molecular formula is C20H17F3N2O4. The molecule has 2 aromatic carbocycles. The molecule has 3 rings (SSSR count). The Balaban J connectivity index is 1.97. The second kappa shape index (κ2) is 8.36. The van der Waals surface area contributed by atoms with Gasteiger partial charge >= 0.3 is 6.36 Å². The van der Waals surface area contributed by atoms with Crippen LogP contribution in [0.3, 0.4) is 0 Å². The van der Waals surface area contributed by atoms with Crippen LogP contribution in [0.4, 0.5) is 18.9 Å². The number of methoxy groups -OCH3 is 1. The van der Waals surface area contributed by atoms with Gasteiger partial charge in [-0.15, -0.1) is 13.2 Å². The van der Waals surface area contributed by atoms with Gasteiger partial charge in [-0.2, -0.15) is 0 Å². The highest BCUT2D eigenvalue weighted by Crippen LogP contribution is 2.32. The number of benzene rings is 2. The van der Waals surface area contributed by atoms with Gasteiger partial charge in [0.05, 0.1) is 18.7 Å². The summed E-state index contributed by atoms with van der Waals surface area (Å²) < 4.78 is 46.3. The predicted octanol–water partition coefficient (Wildman–Crippen LogP) is 3.42. The second-order valence-electron chi connectivity index (χ2n) is 6.07. The standard InChI is InChI=1S/C20H17F3N2O4/c1-28-11-10-25-18(26)16(13-6-3-2-4-7-13)17(19(25)27)24-14-8-5-9-15(12-14)29-20(21,22)23/h2-9,12,24H,10-11H2,1H3. The lowest BCUT2D eigenvalue weighted by atomic mass is 10.0. The van der Waals surface area contributed by atoms with Gasteiger partial charge in [-0.05, 0) is 17.7 Å². The van der Waals surface area contributed by atoms with E-state index in [1.54, 1.807) is 30.3 Å². The van der Waals surface area contributed by atoms with Gasteiger partial charge in [0.1, 0.15) is 11.4 Å². The lowest BCUT2D eigenvalue weighted by molar-refractivity contribution is -0.274. The van der Waals surface area contributed by atoms with Crippen LogP contribution in [0.2, 0.25) is 0 Å². The molecule has 1 aliphatic heterocycles. The molecule has 0 saturated heterocycles. The Morgan fingerprint density at radius 2 is 1.72 bits per heavy atom. The van der Waals surface area contributed by atoms with Gasteiger partial charge in [0, 0.05) is 18.9 Å². The highest BCUT2D eigenvalue weighted by Gasteiger charge is 2.39. The number of amides is 2. The van der Waals surface area contributed by atoms with Crippen molar-refractivity contribution < 1.29 is 32.2 Å². The minimum Gasteiger partial charge on any atom is -0.406 e. The molecule has 2 amide bonds. The molecule has 0 bridgehead atoms. The molecule has 9 heteroatoms. The third-order valence-electron chi connectivity index (χ3n) is 4.09. The zero-order valence-electron chi connectivity index (χ0n) is 15.3. The van der Waals surface area contributed by atoms with Crippen molar-refractivity contribution in [2.24, 2.45) is 0 Å². The molecule has 0 aromatic heterocycles. The van der Waals surface area contributed by atoms with Crippen molar-refractivity contribution in [3.63, 3.8) is 0 Å². The van der Waals surface area contributed by atoms with Gasteiger partial charge in [-0.25, -0.2) is 0 Å². The molecule has 0 unspecified atom stereocenters. The Morgan fingerprint density at radius 1 is 1.00 bits per heavy atom. The van der Waals surface area contributed by atoms with Crippen molar-refractivity contribution >= 4 is 23.1 Å². The highest BCUT2D eigenvalue weighted by atomic mass is 19.4. The second-order valence-corrected chi connectivity index (χ2v) is 6.07. The number of carbonyl (C=O) groups is 2. The molecule has 1 N–H and O–H groups in total. The summed E-state index contributed by atoms with van der Waals surface area (Å²) in [5.74, 6) is -1.55. The first-order chi connectivity index (χ1) is 13.8. The van der Waals surface area contributed by atoms with Crippen molar-refractivity contribution in [1.82, 2.24) is 4.90 Å². The summed E-state index contributed by atoms with van der Waals surface area (Å²) in [6, 6.07) is 13.6. The molecule has 6 nitrogen and oxygen atoms in total. The van der Waals surface area contributed by atoms with Crippen LogP contribution in [0.15, 0.2) is 60.3 Å². The van der Waals surface area contributed by atoms with E-state index < -0.39 is 23.9 Å². The van der Waals surface area contributed by atoms with E-state index in [0.717, 1.165) is 17.0 Å². The third-order valence-corrected chi connectivity index (χ3v) is 4.09. The van der Waals surface area contributed by atoms with Gasteiger partial charge < -0.3 is 14.8 Å². The fourth-order valence-electron chi connectivity index (χ4n) is 2.87. The first kappa shape index (κ1) is 20.4. The SMILES string of the molecule is COCCN1C(=O)C(Nc2cccc(OC(F)(F)F)c2)=C(c2ccccc2)C1=O. The Hall–Kier alpha value is -3.33. The molecule has 0 saturated carbocycles. The minimum atomic E-state index is -4.84. The number of halogens is 3. The number of imide groups is 1. The summed E-state index contributed by atoms with van der Waals surface area (Å²) in [6.07, 6.45) is -4.84. The van der Waals surface area contributed by atoms with Crippen LogP contribution >= 0.6 is 0 Å². The quantitative estimate of drug-likeness (QED) is 0.714. The van der Waals surface area contributed by atoms with Gasteiger partial charge in [-0.1, -0.05) is 36.4 Å². The normalized spacial score (nSPS) is 14.6. The maximum absolute atomic E-state index is 12.9. The van der Waals surface area contributed by atoms with E-state index in [1.165, 1.54) is 19.2 Å². The van der Waals surface area contributed by atoms with Gasteiger partial charge in [0.2, 0.25) is 0 Å². The van der Waals surface area contributed by atoms with Crippen LogP contribution in [-0.2, 0) is 14.3 Å². The lowest BCUT2D eigenvalue weighted by Crippen LogP contribution is -2.35. The van der Waals surface area contributed by atoms with Crippen molar-refractivity contribution in [1.29, 1.82) is 0 Å². The zero-order valence-corrected chi connectivity index (χ0v) is 15.3. The predicted molar refractivity (Wildman–Crippen MR) is 98.7 cm³/mol. The monoisotopic (exact) mass is 406 g/mol. The van der Waals surface area contributed by atoms with Crippen LogP contribution in [0.5, 0.6) is 5.75 Å². The Bertz CT molecular complexity index is 942. The Labute approximate surface area is 164 Å². The molecule has 0 aliphatic carbocycles. The third kappa shape index (κ3) is 4.75. The van der Waals surface area contributed by atoms with Crippen molar-refractivity contribution in [2.45, 2.75) is 6.36 Å². The Morgan fingerprint density at radius 3 is 2.38 bits per heavy atom. The van der Waals surface area contributed by atoms with Crippen molar-refractivity contribution in [3.05, 3.63) is 65.9 Å².